The van der Waals surface area contributed by atoms with Crippen molar-refractivity contribution in [3.8, 4) is 0 Å². The number of aromatic nitrogens is 1. The second kappa shape index (κ2) is 8.02. The van der Waals surface area contributed by atoms with Crippen LogP contribution in [-0.4, -0.2) is 35.2 Å². The summed E-state index contributed by atoms with van der Waals surface area (Å²) in [5.74, 6) is 1.12. The monoisotopic (exact) mass is 288 g/mol. The molecule has 1 aromatic heterocycles. The van der Waals surface area contributed by atoms with E-state index in [9.17, 15) is 5.11 Å². The molecule has 0 radical (unpaired) electrons. The van der Waals surface area contributed by atoms with Gasteiger partial charge in [0.2, 0.25) is 0 Å². The molecule has 1 heterocycles. The number of nitrogens with zero attached hydrogens (tertiary/aromatic N) is 2. The van der Waals surface area contributed by atoms with Crippen LogP contribution in [0.25, 0.3) is 0 Å². The van der Waals surface area contributed by atoms with Crippen molar-refractivity contribution in [3.63, 3.8) is 0 Å². The number of anilines is 1. The third kappa shape index (κ3) is 3.87. The molecule has 0 fully saturated rings. The molecule has 1 unspecified atom stereocenters. The maximum Gasteiger partial charge on any atom is 0.185 e. The number of hydrogen-bond donors (Lipinski definition) is 1. The van der Waals surface area contributed by atoms with Gasteiger partial charge in [0.1, 0.15) is 0 Å². The molecule has 3 nitrogen and oxygen atoms in total. The molecule has 0 spiro atoms. The number of aryl methyl sites for hydroxylation is 1. The van der Waals surface area contributed by atoms with Gasteiger partial charge in [-0.25, -0.2) is 4.98 Å². The van der Waals surface area contributed by atoms with Gasteiger partial charge in [0.15, 0.2) is 5.13 Å². The summed E-state index contributed by atoms with van der Waals surface area (Å²) in [5, 5.41) is 10.4. The van der Waals surface area contributed by atoms with Crippen LogP contribution in [0.3, 0.4) is 0 Å². The minimum Gasteiger partial charge on any atom is -0.391 e. The number of aliphatic hydroxyl groups is 1. The Labute approximate surface area is 119 Å². The zero-order chi connectivity index (χ0) is 13.5. The highest BCUT2D eigenvalue weighted by molar-refractivity contribution is 7.98. The molecule has 0 aliphatic rings. The van der Waals surface area contributed by atoms with Crippen molar-refractivity contribution in [1.29, 1.82) is 0 Å². The Morgan fingerprint density at radius 1 is 1.44 bits per heavy atom. The number of thioether (sulfide) groups is 1. The summed E-state index contributed by atoms with van der Waals surface area (Å²) in [6.07, 6.45) is 5.29. The SMILES string of the molecule is CCCc1nc(N(C)C(CC)CSC)sc1CO. The number of aliphatic hydroxyl groups excluding tert-OH is 1. The zero-order valence-corrected chi connectivity index (χ0v) is 13.4. The van der Waals surface area contributed by atoms with Crippen molar-refractivity contribution in [2.24, 2.45) is 0 Å². The van der Waals surface area contributed by atoms with Gasteiger partial charge in [0.05, 0.1) is 17.2 Å². The van der Waals surface area contributed by atoms with Gasteiger partial charge in [0, 0.05) is 18.8 Å². The molecule has 0 saturated carbocycles. The fourth-order valence-electron chi connectivity index (χ4n) is 1.93. The van der Waals surface area contributed by atoms with Crippen molar-refractivity contribution in [2.45, 2.75) is 45.8 Å². The average Bonchev–Trinajstić information content (AvgIpc) is 2.78. The molecule has 1 aromatic rings. The zero-order valence-electron chi connectivity index (χ0n) is 11.8. The normalized spacial score (nSPS) is 12.7. The first-order chi connectivity index (χ1) is 8.67. The Morgan fingerprint density at radius 3 is 2.67 bits per heavy atom. The van der Waals surface area contributed by atoms with E-state index >= 15 is 0 Å². The van der Waals surface area contributed by atoms with Gasteiger partial charge in [-0.15, -0.1) is 0 Å². The van der Waals surface area contributed by atoms with Crippen LogP contribution in [0.15, 0.2) is 0 Å². The predicted molar refractivity (Wildman–Crippen MR) is 82.9 cm³/mol. The molecule has 1 rings (SSSR count). The van der Waals surface area contributed by atoms with Crippen LogP contribution < -0.4 is 4.90 Å². The van der Waals surface area contributed by atoms with Crippen LogP contribution >= 0.6 is 23.1 Å². The molecular weight excluding hydrogens is 264 g/mol. The van der Waals surface area contributed by atoms with Gasteiger partial charge < -0.3 is 10.0 Å². The van der Waals surface area contributed by atoms with Crippen molar-refractivity contribution in [2.75, 3.05) is 24.0 Å². The minimum absolute atomic E-state index is 0.111. The first-order valence-electron chi connectivity index (χ1n) is 6.49. The van der Waals surface area contributed by atoms with Crippen molar-refractivity contribution >= 4 is 28.2 Å². The Kier molecular flexibility index (Phi) is 7.04. The Morgan fingerprint density at radius 2 is 2.17 bits per heavy atom. The van der Waals surface area contributed by atoms with Crippen LogP contribution in [0.1, 0.15) is 37.3 Å². The van der Waals surface area contributed by atoms with Gasteiger partial charge in [-0.1, -0.05) is 31.6 Å². The van der Waals surface area contributed by atoms with Gasteiger partial charge in [-0.3, -0.25) is 0 Å². The van der Waals surface area contributed by atoms with E-state index < -0.39 is 0 Å². The summed E-state index contributed by atoms with van der Waals surface area (Å²) in [7, 11) is 2.11. The van der Waals surface area contributed by atoms with Gasteiger partial charge in [0.25, 0.3) is 0 Å². The van der Waals surface area contributed by atoms with Gasteiger partial charge in [-0.05, 0) is 19.1 Å². The molecule has 0 aromatic carbocycles. The van der Waals surface area contributed by atoms with E-state index in [0.717, 1.165) is 40.7 Å². The minimum atomic E-state index is 0.111. The largest absolute Gasteiger partial charge is 0.391 e. The van der Waals surface area contributed by atoms with Crippen molar-refractivity contribution in [3.05, 3.63) is 10.6 Å². The Balaban J connectivity index is 2.87. The first-order valence-corrected chi connectivity index (χ1v) is 8.70. The molecule has 104 valence electrons. The standard InChI is InChI=1S/C13H24N2OS2/c1-5-7-11-12(8-16)18-13(14-11)15(3)10(6-2)9-17-4/h10,16H,5-9H2,1-4H3. The number of thiazole rings is 1. The van der Waals surface area contributed by atoms with Crippen LogP contribution in [0.2, 0.25) is 0 Å². The fraction of sp³-hybridized carbons (Fsp3) is 0.769. The van der Waals surface area contributed by atoms with E-state index in [4.69, 9.17) is 4.98 Å². The maximum absolute atomic E-state index is 9.39. The Bertz CT molecular complexity index is 355. The average molecular weight is 288 g/mol. The van der Waals surface area contributed by atoms with Crippen LogP contribution in [0, 0.1) is 0 Å². The molecule has 0 aliphatic heterocycles. The first kappa shape index (κ1) is 15.8. The van der Waals surface area contributed by atoms with Gasteiger partial charge >= 0.3 is 0 Å². The second-order valence-electron chi connectivity index (χ2n) is 4.40. The predicted octanol–water partition coefficient (Wildman–Crippen LogP) is 3.17. The van der Waals surface area contributed by atoms with Crippen LogP contribution in [0.4, 0.5) is 5.13 Å². The molecule has 0 amide bonds. The molecular formula is C13H24N2OS2. The van der Waals surface area contributed by atoms with Crippen molar-refractivity contribution in [1.82, 2.24) is 4.98 Å². The van der Waals surface area contributed by atoms with E-state index in [1.165, 1.54) is 0 Å². The molecule has 0 saturated heterocycles. The molecule has 1 atom stereocenters. The molecule has 1 N–H and O–H groups in total. The molecule has 5 heteroatoms. The van der Waals surface area contributed by atoms with Crippen LogP contribution in [-0.2, 0) is 13.0 Å². The number of hydrogen-bond acceptors (Lipinski definition) is 5. The second-order valence-corrected chi connectivity index (χ2v) is 6.38. The lowest BCUT2D eigenvalue weighted by Crippen LogP contribution is -2.33. The highest BCUT2D eigenvalue weighted by Gasteiger charge is 2.18. The fourth-order valence-corrected chi connectivity index (χ4v) is 3.77. The van der Waals surface area contributed by atoms with Crippen LogP contribution in [0.5, 0.6) is 0 Å². The molecule has 18 heavy (non-hydrogen) atoms. The third-order valence-corrected chi connectivity index (χ3v) is 4.97. The van der Waals surface area contributed by atoms with Gasteiger partial charge in [-0.2, -0.15) is 11.8 Å². The Hall–Kier alpha value is -0.260. The summed E-state index contributed by atoms with van der Waals surface area (Å²) >= 11 is 3.50. The molecule has 0 aliphatic carbocycles. The summed E-state index contributed by atoms with van der Waals surface area (Å²) in [6, 6.07) is 0.521. The topological polar surface area (TPSA) is 36.4 Å². The van der Waals surface area contributed by atoms with E-state index in [2.05, 4.69) is 32.1 Å². The van der Waals surface area contributed by atoms with E-state index in [1.807, 2.05) is 11.8 Å². The van der Waals surface area contributed by atoms with E-state index in [1.54, 1.807) is 11.3 Å². The maximum atomic E-state index is 9.39. The molecule has 0 bridgehead atoms. The lowest BCUT2D eigenvalue weighted by Gasteiger charge is -2.26. The lowest BCUT2D eigenvalue weighted by molar-refractivity contribution is 0.284. The van der Waals surface area contributed by atoms with E-state index in [-0.39, 0.29) is 6.61 Å². The lowest BCUT2D eigenvalue weighted by atomic mass is 10.2. The third-order valence-electron chi connectivity index (χ3n) is 3.08. The highest BCUT2D eigenvalue weighted by atomic mass is 32.2. The summed E-state index contributed by atoms with van der Waals surface area (Å²) in [6.45, 7) is 4.47. The number of rotatable bonds is 8. The summed E-state index contributed by atoms with van der Waals surface area (Å²) in [5.41, 5.74) is 1.07. The summed E-state index contributed by atoms with van der Waals surface area (Å²) < 4.78 is 0. The summed E-state index contributed by atoms with van der Waals surface area (Å²) in [4.78, 5) is 7.99. The van der Waals surface area contributed by atoms with E-state index in [0.29, 0.717) is 6.04 Å². The highest BCUT2D eigenvalue weighted by Crippen LogP contribution is 2.28. The quantitative estimate of drug-likeness (QED) is 0.797. The smallest absolute Gasteiger partial charge is 0.185 e. The van der Waals surface area contributed by atoms with Crippen molar-refractivity contribution < 1.29 is 5.11 Å².